The highest BCUT2D eigenvalue weighted by Crippen LogP contribution is 2.22. The number of methoxy groups -OCH3 is 1. The molecule has 0 aliphatic carbocycles. The molecule has 0 unspecified atom stereocenters. The smallest absolute Gasteiger partial charge is 0.261 e. The molecule has 2 aromatic carbocycles. The number of aryl methyl sites for hydroxylation is 1. The summed E-state index contributed by atoms with van der Waals surface area (Å²) >= 11 is 0. The normalized spacial score (nSPS) is 11.7. The molecule has 0 saturated heterocycles. The van der Waals surface area contributed by atoms with Crippen molar-refractivity contribution in [1.82, 2.24) is 10.2 Å². The van der Waals surface area contributed by atoms with Gasteiger partial charge < -0.3 is 19.7 Å². The van der Waals surface area contributed by atoms with Crippen LogP contribution in [0.4, 0.5) is 0 Å². The Morgan fingerprint density at radius 2 is 1.81 bits per heavy atom. The number of amides is 2. The minimum absolute atomic E-state index is 0.137. The van der Waals surface area contributed by atoms with Crippen LogP contribution in [-0.4, -0.2) is 43.0 Å². The van der Waals surface area contributed by atoms with Crippen molar-refractivity contribution in [3.05, 3.63) is 59.2 Å². The quantitative estimate of drug-likeness (QED) is 0.567. The average molecular weight is 441 g/mol. The summed E-state index contributed by atoms with van der Waals surface area (Å²) in [7, 11) is 1.61. The van der Waals surface area contributed by atoms with Gasteiger partial charge in [-0.05, 0) is 61.1 Å². The first kappa shape index (κ1) is 25.2. The van der Waals surface area contributed by atoms with Crippen LogP contribution in [-0.2, 0) is 16.1 Å². The van der Waals surface area contributed by atoms with Crippen LogP contribution in [0.1, 0.15) is 43.9 Å². The topological polar surface area (TPSA) is 67.9 Å². The molecule has 2 amide bonds. The van der Waals surface area contributed by atoms with Crippen molar-refractivity contribution in [1.29, 1.82) is 0 Å². The van der Waals surface area contributed by atoms with E-state index in [9.17, 15) is 9.59 Å². The molecule has 32 heavy (non-hydrogen) atoms. The van der Waals surface area contributed by atoms with Gasteiger partial charge in [-0.25, -0.2) is 0 Å². The average Bonchev–Trinajstić information content (AvgIpc) is 2.78. The van der Waals surface area contributed by atoms with Gasteiger partial charge in [-0.3, -0.25) is 9.59 Å². The summed E-state index contributed by atoms with van der Waals surface area (Å²) in [6.07, 6.45) is 0.503. The van der Waals surface area contributed by atoms with Crippen molar-refractivity contribution < 1.29 is 19.1 Å². The molecule has 0 aliphatic heterocycles. The highest BCUT2D eigenvalue weighted by Gasteiger charge is 2.29. The summed E-state index contributed by atoms with van der Waals surface area (Å²) in [5, 5.41) is 2.97. The fourth-order valence-electron chi connectivity index (χ4n) is 3.41. The summed E-state index contributed by atoms with van der Waals surface area (Å²) < 4.78 is 11.2. The Labute approximate surface area is 191 Å². The van der Waals surface area contributed by atoms with Crippen LogP contribution < -0.4 is 14.8 Å². The summed E-state index contributed by atoms with van der Waals surface area (Å²) in [6.45, 7) is 10.7. The van der Waals surface area contributed by atoms with Crippen LogP contribution >= 0.6 is 0 Å². The van der Waals surface area contributed by atoms with Crippen molar-refractivity contribution in [3.63, 3.8) is 0 Å². The molecule has 2 rings (SSSR count). The molecule has 0 radical (unpaired) electrons. The molecular formula is C26H36N2O4. The maximum Gasteiger partial charge on any atom is 0.261 e. The zero-order valence-electron chi connectivity index (χ0n) is 20.1. The monoisotopic (exact) mass is 440 g/mol. The molecule has 0 saturated carbocycles. The summed E-state index contributed by atoms with van der Waals surface area (Å²) in [6, 6.07) is 12.7. The molecule has 0 heterocycles. The lowest BCUT2D eigenvalue weighted by Crippen LogP contribution is -2.50. The number of nitrogens with one attached hydrogen (secondary N) is 1. The van der Waals surface area contributed by atoms with E-state index in [2.05, 4.69) is 5.32 Å². The second kappa shape index (κ2) is 12.1. The van der Waals surface area contributed by atoms with Gasteiger partial charge in [0.1, 0.15) is 17.5 Å². The van der Waals surface area contributed by atoms with Crippen LogP contribution in [0.3, 0.4) is 0 Å². The van der Waals surface area contributed by atoms with E-state index in [1.807, 2.05) is 77.1 Å². The van der Waals surface area contributed by atoms with Gasteiger partial charge in [-0.1, -0.05) is 45.0 Å². The second-order valence-electron chi connectivity index (χ2n) is 8.42. The predicted octanol–water partition coefficient (Wildman–Crippen LogP) is 4.27. The number of benzene rings is 2. The fraction of sp³-hybridized carbons (Fsp3) is 0.462. The standard InChI is InChI=1S/C26H36N2O4/c1-7-23(26(30)27-15-18(2)3)28(16-21-11-9-12-22(14-21)31-6)25(29)17-32-24-13-8-10-19(4)20(24)5/h8-14,18,23H,7,15-17H2,1-6H3,(H,27,30)/t23-/m1/s1. The van der Waals surface area contributed by atoms with Gasteiger partial charge in [0.2, 0.25) is 5.91 Å². The lowest BCUT2D eigenvalue weighted by Gasteiger charge is -2.31. The highest BCUT2D eigenvalue weighted by molar-refractivity contribution is 5.88. The van der Waals surface area contributed by atoms with Gasteiger partial charge in [0.05, 0.1) is 7.11 Å². The molecule has 1 N–H and O–H groups in total. The number of nitrogens with zero attached hydrogens (tertiary/aromatic N) is 1. The SMILES string of the molecule is CC[C@H](C(=O)NCC(C)C)N(Cc1cccc(OC)c1)C(=O)COc1cccc(C)c1C. The van der Waals surface area contributed by atoms with Gasteiger partial charge in [0.15, 0.2) is 6.61 Å². The van der Waals surface area contributed by atoms with Crippen molar-refractivity contribution in [2.75, 3.05) is 20.3 Å². The number of rotatable bonds is 11. The van der Waals surface area contributed by atoms with E-state index >= 15 is 0 Å². The van der Waals surface area contributed by atoms with E-state index in [0.29, 0.717) is 36.9 Å². The van der Waals surface area contributed by atoms with E-state index in [4.69, 9.17) is 9.47 Å². The first-order chi connectivity index (χ1) is 15.3. The fourth-order valence-corrected chi connectivity index (χ4v) is 3.41. The Kier molecular flexibility index (Phi) is 9.57. The molecule has 0 aromatic heterocycles. The highest BCUT2D eigenvalue weighted by atomic mass is 16.5. The molecule has 2 aromatic rings. The molecule has 174 valence electrons. The van der Waals surface area contributed by atoms with E-state index in [1.165, 1.54) is 0 Å². The largest absolute Gasteiger partial charge is 0.497 e. The van der Waals surface area contributed by atoms with Crippen LogP contribution in [0.2, 0.25) is 0 Å². The van der Waals surface area contributed by atoms with E-state index in [-0.39, 0.29) is 18.4 Å². The molecule has 6 heteroatoms. The summed E-state index contributed by atoms with van der Waals surface area (Å²) in [5.74, 6) is 1.33. The molecule has 0 fully saturated rings. The maximum atomic E-state index is 13.3. The molecule has 1 atom stereocenters. The van der Waals surface area contributed by atoms with Gasteiger partial charge in [0, 0.05) is 13.1 Å². The number of hydrogen-bond donors (Lipinski definition) is 1. The van der Waals surface area contributed by atoms with Crippen molar-refractivity contribution >= 4 is 11.8 Å². The number of ether oxygens (including phenoxy) is 2. The summed E-state index contributed by atoms with van der Waals surface area (Å²) in [5.41, 5.74) is 2.99. The molecule has 0 bridgehead atoms. The zero-order valence-corrected chi connectivity index (χ0v) is 20.1. The van der Waals surface area contributed by atoms with Gasteiger partial charge in [-0.2, -0.15) is 0 Å². The molecule has 0 aliphatic rings. The first-order valence-electron chi connectivity index (χ1n) is 11.2. The maximum absolute atomic E-state index is 13.3. The Balaban J connectivity index is 2.25. The Morgan fingerprint density at radius 1 is 1.09 bits per heavy atom. The lowest BCUT2D eigenvalue weighted by molar-refractivity contribution is -0.143. The van der Waals surface area contributed by atoms with Crippen LogP contribution in [0.25, 0.3) is 0 Å². The van der Waals surface area contributed by atoms with Crippen molar-refractivity contribution in [3.8, 4) is 11.5 Å². The van der Waals surface area contributed by atoms with Crippen LogP contribution in [0, 0.1) is 19.8 Å². The number of carbonyl (C=O) groups is 2. The first-order valence-corrected chi connectivity index (χ1v) is 11.2. The molecular weight excluding hydrogens is 404 g/mol. The van der Waals surface area contributed by atoms with E-state index in [0.717, 1.165) is 16.7 Å². The number of hydrogen-bond acceptors (Lipinski definition) is 4. The van der Waals surface area contributed by atoms with E-state index < -0.39 is 6.04 Å². The number of carbonyl (C=O) groups excluding carboxylic acids is 2. The minimum Gasteiger partial charge on any atom is -0.497 e. The third kappa shape index (κ3) is 7.01. The van der Waals surface area contributed by atoms with Gasteiger partial charge in [0.25, 0.3) is 5.91 Å². The molecule has 0 spiro atoms. The van der Waals surface area contributed by atoms with Crippen LogP contribution in [0.15, 0.2) is 42.5 Å². The van der Waals surface area contributed by atoms with Crippen molar-refractivity contribution in [2.24, 2.45) is 5.92 Å². The summed E-state index contributed by atoms with van der Waals surface area (Å²) in [4.78, 5) is 27.9. The Morgan fingerprint density at radius 3 is 2.47 bits per heavy atom. The Hall–Kier alpha value is -3.02. The van der Waals surface area contributed by atoms with Gasteiger partial charge in [-0.15, -0.1) is 0 Å². The van der Waals surface area contributed by atoms with Gasteiger partial charge >= 0.3 is 0 Å². The molecule has 6 nitrogen and oxygen atoms in total. The predicted molar refractivity (Wildman–Crippen MR) is 127 cm³/mol. The third-order valence-corrected chi connectivity index (χ3v) is 5.46. The minimum atomic E-state index is -0.588. The lowest BCUT2D eigenvalue weighted by atomic mass is 10.1. The zero-order chi connectivity index (χ0) is 23.7. The van der Waals surface area contributed by atoms with Crippen molar-refractivity contribution in [2.45, 2.75) is 53.6 Å². The van der Waals surface area contributed by atoms with Crippen LogP contribution in [0.5, 0.6) is 11.5 Å². The van der Waals surface area contributed by atoms with E-state index in [1.54, 1.807) is 12.0 Å². The Bertz CT molecular complexity index is 910. The second-order valence-corrected chi connectivity index (χ2v) is 8.42. The third-order valence-electron chi connectivity index (χ3n) is 5.46.